The zero-order chi connectivity index (χ0) is 22.4. The molecule has 0 aliphatic rings. The number of hydrogen-bond donors (Lipinski definition) is 0. The lowest BCUT2D eigenvalue weighted by Gasteiger charge is -2.23. The highest BCUT2D eigenvalue weighted by molar-refractivity contribution is 14.1. The summed E-state index contributed by atoms with van der Waals surface area (Å²) in [6.45, 7) is 8.11. The average molecular weight is 1090 g/mol. The van der Waals surface area contributed by atoms with Crippen LogP contribution in [0.5, 0.6) is 0 Å². The molecule has 0 radical (unpaired) electrons. The van der Waals surface area contributed by atoms with Crippen LogP contribution in [-0.2, 0) is 10.0 Å². The number of halogens is 6. The summed E-state index contributed by atoms with van der Waals surface area (Å²) in [6, 6.07) is 0. The van der Waals surface area contributed by atoms with Gasteiger partial charge in [0, 0.05) is 28.5 Å². The number of nitrogens with zero attached hydrogens (tertiary/aromatic N) is 2. The van der Waals surface area contributed by atoms with Crippen molar-refractivity contribution in [2.75, 3.05) is 11.4 Å². The van der Waals surface area contributed by atoms with E-state index in [0.717, 1.165) is 45.7 Å². The third-order valence-corrected chi connectivity index (χ3v) is 14.3. The second-order valence-corrected chi connectivity index (χ2v) is 14.6. The van der Waals surface area contributed by atoms with Crippen molar-refractivity contribution >= 4 is 162 Å². The van der Waals surface area contributed by atoms with E-state index in [-0.39, 0.29) is 0 Å². The van der Waals surface area contributed by atoms with Gasteiger partial charge in [-0.3, -0.25) is 4.31 Å². The first-order valence-corrected chi connectivity index (χ1v) is 16.0. The van der Waals surface area contributed by atoms with Crippen LogP contribution in [0.15, 0.2) is 4.99 Å². The molecule has 0 fully saturated rings. The van der Waals surface area contributed by atoms with Crippen molar-refractivity contribution in [3.63, 3.8) is 0 Å². The van der Waals surface area contributed by atoms with Crippen LogP contribution in [0.3, 0.4) is 0 Å². The molecule has 0 heterocycles. The molecule has 0 aromatic heterocycles. The van der Waals surface area contributed by atoms with Crippen LogP contribution in [0.4, 0.5) is 11.4 Å². The standard InChI is InChI=1S/C18H16I6N2O2S/c1-7-11(19)8(2)14(22)17(13(7)21)25-6-29(27,28)26(5)18-15(23)9(3)12(20)10(4)16(18)24/h6H,1-5H3. The van der Waals surface area contributed by atoms with Gasteiger partial charge >= 0.3 is 0 Å². The Bertz CT molecular complexity index is 1090. The van der Waals surface area contributed by atoms with Crippen LogP contribution in [0.2, 0.25) is 0 Å². The lowest BCUT2D eigenvalue weighted by molar-refractivity contribution is 0.606. The fourth-order valence-electron chi connectivity index (χ4n) is 2.56. The van der Waals surface area contributed by atoms with E-state index in [0.29, 0.717) is 11.4 Å². The summed E-state index contributed by atoms with van der Waals surface area (Å²) in [7, 11) is -2.16. The Morgan fingerprint density at radius 2 is 1.03 bits per heavy atom. The van der Waals surface area contributed by atoms with Gasteiger partial charge in [-0.05, 0) is 185 Å². The molecule has 0 atom stereocenters. The summed E-state index contributed by atoms with van der Waals surface area (Å²) in [4.78, 5) is 4.43. The minimum atomic E-state index is -3.75. The van der Waals surface area contributed by atoms with Gasteiger partial charge in [-0.1, -0.05) is 0 Å². The third-order valence-electron chi connectivity index (χ3n) is 4.48. The van der Waals surface area contributed by atoms with Crippen LogP contribution >= 0.6 is 136 Å². The van der Waals surface area contributed by atoms with Gasteiger partial charge in [-0.15, -0.1) is 0 Å². The molecule has 2 rings (SSSR count). The summed E-state index contributed by atoms with van der Waals surface area (Å²) in [5.74, 6) is 0. The van der Waals surface area contributed by atoms with Crippen LogP contribution < -0.4 is 4.31 Å². The van der Waals surface area contributed by atoms with Gasteiger partial charge in [0.15, 0.2) is 0 Å². The van der Waals surface area contributed by atoms with Crippen molar-refractivity contribution in [2.24, 2.45) is 4.99 Å². The molecule has 0 saturated carbocycles. The van der Waals surface area contributed by atoms with E-state index in [9.17, 15) is 8.42 Å². The maximum Gasteiger partial charge on any atom is 0.274 e. The van der Waals surface area contributed by atoms with Crippen LogP contribution in [0, 0.1) is 49.1 Å². The number of benzene rings is 2. The first-order valence-electron chi connectivity index (χ1n) is 8.04. The average Bonchev–Trinajstić information content (AvgIpc) is 2.67. The highest BCUT2D eigenvalue weighted by Crippen LogP contribution is 2.38. The molecular weight excluding hydrogens is 1070 g/mol. The normalized spacial score (nSPS) is 12.1. The summed E-state index contributed by atoms with van der Waals surface area (Å²) in [6.07, 6.45) is 0. The Kier molecular flexibility index (Phi) is 10.1. The Balaban J connectivity index is 2.60. The molecule has 0 unspecified atom stereocenters. The van der Waals surface area contributed by atoms with E-state index in [1.807, 2.05) is 27.7 Å². The fraction of sp³-hybridized carbons (Fsp3) is 0.278. The highest BCUT2D eigenvalue weighted by atomic mass is 127. The molecule has 0 aliphatic heterocycles. The van der Waals surface area contributed by atoms with Crippen LogP contribution in [0.25, 0.3) is 0 Å². The van der Waals surface area contributed by atoms with Gasteiger partial charge in [-0.2, -0.15) is 0 Å². The minimum absolute atomic E-state index is 0.701. The molecule has 0 spiro atoms. The smallest absolute Gasteiger partial charge is 0.266 e. The number of anilines is 1. The van der Waals surface area contributed by atoms with Crippen molar-refractivity contribution in [3.05, 3.63) is 43.7 Å². The summed E-state index contributed by atoms with van der Waals surface area (Å²) >= 11 is 13.6. The highest BCUT2D eigenvalue weighted by Gasteiger charge is 2.25. The predicted molar refractivity (Wildman–Crippen MR) is 174 cm³/mol. The van der Waals surface area contributed by atoms with Gasteiger partial charge in [0.05, 0.1) is 11.4 Å². The maximum atomic E-state index is 13.1. The van der Waals surface area contributed by atoms with E-state index in [1.54, 1.807) is 7.05 Å². The van der Waals surface area contributed by atoms with Crippen molar-refractivity contribution in [1.82, 2.24) is 0 Å². The van der Waals surface area contributed by atoms with Gasteiger partial charge in [-0.25, -0.2) is 13.4 Å². The lowest BCUT2D eigenvalue weighted by atomic mass is 10.1. The molecule has 0 aliphatic carbocycles. The third kappa shape index (κ3) is 5.50. The monoisotopic (exact) mass is 1090 g/mol. The van der Waals surface area contributed by atoms with Gasteiger partial charge in [0.2, 0.25) is 0 Å². The maximum absolute atomic E-state index is 13.1. The minimum Gasteiger partial charge on any atom is -0.266 e. The molecule has 2 aromatic carbocycles. The Hall–Kier alpha value is 2.24. The van der Waals surface area contributed by atoms with E-state index in [1.165, 1.54) is 7.88 Å². The molecule has 158 valence electrons. The van der Waals surface area contributed by atoms with Gasteiger partial charge in [0.1, 0.15) is 5.55 Å². The Labute approximate surface area is 254 Å². The van der Waals surface area contributed by atoms with Crippen molar-refractivity contribution in [3.8, 4) is 0 Å². The zero-order valence-corrected chi connectivity index (χ0v) is 29.7. The van der Waals surface area contributed by atoms with E-state index in [4.69, 9.17) is 0 Å². The van der Waals surface area contributed by atoms with E-state index in [2.05, 4.69) is 141 Å². The molecule has 4 nitrogen and oxygen atoms in total. The molecule has 0 amide bonds. The molecule has 29 heavy (non-hydrogen) atoms. The molecule has 0 bridgehead atoms. The van der Waals surface area contributed by atoms with Gasteiger partial charge in [0.25, 0.3) is 10.0 Å². The Morgan fingerprint density at radius 1 is 0.690 bits per heavy atom. The molecule has 0 saturated heterocycles. The largest absolute Gasteiger partial charge is 0.274 e. The first-order chi connectivity index (χ1) is 13.2. The van der Waals surface area contributed by atoms with Crippen molar-refractivity contribution in [1.29, 1.82) is 0 Å². The number of hydrogen-bond acceptors (Lipinski definition) is 3. The Morgan fingerprint density at radius 3 is 1.41 bits per heavy atom. The second kappa shape index (κ2) is 10.7. The fourth-order valence-corrected chi connectivity index (χ4v) is 11.0. The topological polar surface area (TPSA) is 49.7 Å². The first kappa shape index (κ1) is 27.5. The number of sulfonamides is 1. The number of aliphatic imine (C=N–C) groups is 1. The quantitative estimate of drug-likeness (QED) is 0.180. The molecule has 0 N–H and O–H groups in total. The molecule has 2 aromatic rings. The van der Waals surface area contributed by atoms with Crippen molar-refractivity contribution in [2.45, 2.75) is 27.7 Å². The summed E-state index contributed by atoms with van der Waals surface area (Å²) in [5, 5.41) is 0. The van der Waals surface area contributed by atoms with Crippen LogP contribution in [-0.4, -0.2) is 21.0 Å². The van der Waals surface area contributed by atoms with Gasteiger partial charge < -0.3 is 0 Å². The summed E-state index contributed by atoms with van der Waals surface area (Å²) < 4.78 is 33.8. The molecular formula is C18H16I6N2O2S. The lowest BCUT2D eigenvalue weighted by Crippen LogP contribution is -2.29. The van der Waals surface area contributed by atoms with E-state index >= 15 is 0 Å². The molecule has 11 heteroatoms. The zero-order valence-electron chi connectivity index (χ0n) is 16.0. The van der Waals surface area contributed by atoms with Crippen LogP contribution in [0.1, 0.15) is 22.3 Å². The van der Waals surface area contributed by atoms with Crippen molar-refractivity contribution < 1.29 is 8.42 Å². The van der Waals surface area contributed by atoms with E-state index < -0.39 is 10.0 Å². The number of rotatable bonds is 4. The SMILES string of the molecule is Cc1c(I)c(C)c(I)c(N=CS(=O)(=O)N(C)c2c(I)c(C)c(I)c(C)c2I)c1I. The summed E-state index contributed by atoms with van der Waals surface area (Å²) in [5.41, 5.74) is 6.90. The predicted octanol–water partition coefficient (Wildman–Crippen LogP) is 7.67. The second-order valence-electron chi connectivity index (χ2n) is 6.33.